The van der Waals surface area contributed by atoms with Gasteiger partial charge in [-0.05, 0) is 68.9 Å². The highest BCUT2D eigenvalue weighted by Gasteiger charge is 2.29. The topological polar surface area (TPSA) is 121 Å². The summed E-state index contributed by atoms with van der Waals surface area (Å²) in [5.74, 6) is 4.07. The van der Waals surface area contributed by atoms with E-state index in [-0.39, 0.29) is 5.92 Å². The van der Waals surface area contributed by atoms with E-state index in [1.54, 1.807) is 35.2 Å². The Hall–Kier alpha value is -4.38. The van der Waals surface area contributed by atoms with Gasteiger partial charge in [0.2, 0.25) is 5.95 Å². The number of aromatic nitrogens is 6. The minimum atomic E-state index is -0.817. The zero-order valence-electron chi connectivity index (χ0n) is 25.4. The molecule has 0 spiro atoms. The van der Waals surface area contributed by atoms with Gasteiger partial charge in [0.15, 0.2) is 11.5 Å². The molecule has 2 N–H and O–H groups in total. The number of hydrogen-bond acceptors (Lipinski definition) is 9. The minimum Gasteiger partial charge on any atom is -0.497 e. The summed E-state index contributed by atoms with van der Waals surface area (Å²) >= 11 is 0. The number of rotatable bonds is 10. The van der Waals surface area contributed by atoms with Gasteiger partial charge in [0.25, 0.3) is 0 Å². The molecule has 2 unspecified atom stereocenters. The van der Waals surface area contributed by atoms with Crippen LogP contribution in [0.3, 0.4) is 0 Å². The number of para-hydroxylation sites is 1. The fraction of sp³-hybridized carbons (Fsp3) is 0.438. The fourth-order valence-electron chi connectivity index (χ4n) is 6.05. The summed E-state index contributed by atoms with van der Waals surface area (Å²) in [6.07, 6.45) is 8.14. The van der Waals surface area contributed by atoms with E-state index >= 15 is 0 Å². The minimum absolute atomic E-state index is 0.200. The van der Waals surface area contributed by atoms with Crippen LogP contribution in [0.4, 0.5) is 5.95 Å². The van der Waals surface area contributed by atoms with E-state index < -0.39 is 5.60 Å². The lowest BCUT2D eigenvalue weighted by Gasteiger charge is -2.26. The zero-order chi connectivity index (χ0) is 30.1. The van der Waals surface area contributed by atoms with Crippen molar-refractivity contribution >= 4 is 22.5 Å². The van der Waals surface area contributed by atoms with Gasteiger partial charge in [-0.1, -0.05) is 12.5 Å². The summed E-state index contributed by atoms with van der Waals surface area (Å²) in [5.41, 5.74) is 2.80. The Morgan fingerprint density at radius 3 is 2.58 bits per heavy atom. The first-order valence-corrected chi connectivity index (χ1v) is 14.7. The highest BCUT2D eigenvalue weighted by atomic mass is 16.5. The van der Waals surface area contributed by atoms with Gasteiger partial charge in [-0.3, -0.25) is 4.68 Å². The molecule has 1 aliphatic carbocycles. The Morgan fingerprint density at radius 2 is 1.81 bits per heavy atom. The number of fused-ring (bicyclic) bond motifs is 3. The molecule has 2 aromatic carbocycles. The van der Waals surface area contributed by atoms with Crippen LogP contribution in [-0.4, -0.2) is 61.4 Å². The van der Waals surface area contributed by atoms with Gasteiger partial charge in [0, 0.05) is 35.7 Å². The van der Waals surface area contributed by atoms with Crippen LogP contribution >= 0.6 is 0 Å². The van der Waals surface area contributed by atoms with Crippen LogP contribution in [0.5, 0.6) is 17.2 Å². The summed E-state index contributed by atoms with van der Waals surface area (Å²) in [4.78, 5) is 10.1. The van der Waals surface area contributed by atoms with Crippen LogP contribution in [0.1, 0.15) is 68.3 Å². The Morgan fingerprint density at radius 1 is 1.00 bits per heavy atom. The van der Waals surface area contributed by atoms with E-state index in [0.717, 1.165) is 65.1 Å². The molecule has 2 atom stereocenters. The number of hydrogen-bond donors (Lipinski definition) is 2. The summed E-state index contributed by atoms with van der Waals surface area (Å²) in [6, 6.07) is 11.6. The molecule has 3 heterocycles. The van der Waals surface area contributed by atoms with Crippen molar-refractivity contribution < 1.29 is 19.3 Å². The Balaban J connectivity index is 1.33. The molecule has 0 radical (unpaired) electrons. The number of nitrogens with zero attached hydrogens (tertiary/aromatic N) is 6. The first kappa shape index (κ1) is 28.7. The van der Waals surface area contributed by atoms with Crippen molar-refractivity contribution in [2.75, 3.05) is 26.6 Å². The molecule has 6 rings (SSSR count). The van der Waals surface area contributed by atoms with E-state index in [1.165, 1.54) is 5.56 Å². The molecule has 0 bridgehead atoms. The number of ether oxygens (including phenoxy) is 3. The van der Waals surface area contributed by atoms with Crippen LogP contribution in [-0.2, 0) is 13.1 Å². The van der Waals surface area contributed by atoms with Gasteiger partial charge in [-0.15, -0.1) is 5.10 Å². The quantitative estimate of drug-likeness (QED) is 0.224. The van der Waals surface area contributed by atoms with Gasteiger partial charge < -0.3 is 24.6 Å². The normalized spacial score (nSPS) is 17.3. The average molecular weight is 586 g/mol. The highest BCUT2D eigenvalue weighted by molar-refractivity contribution is 5.96. The molecule has 1 aliphatic rings. The summed E-state index contributed by atoms with van der Waals surface area (Å²) in [7, 11) is 4.93. The highest BCUT2D eigenvalue weighted by Crippen LogP contribution is 2.41. The molecule has 3 aromatic heterocycles. The molecular formula is C32H39N7O4. The van der Waals surface area contributed by atoms with E-state index in [1.807, 2.05) is 51.8 Å². The van der Waals surface area contributed by atoms with Crippen molar-refractivity contribution in [2.45, 2.75) is 70.1 Å². The summed E-state index contributed by atoms with van der Waals surface area (Å²) < 4.78 is 20.3. The Labute approximate surface area is 250 Å². The molecule has 226 valence electrons. The van der Waals surface area contributed by atoms with Crippen molar-refractivity contribution in [2.24, 2.45) is 0 Å². The van der Waals surface area contributed by atoms with Crippen molar-refractivity contribution in [3.05, 3.63) is 65.7 Å². The first-order valence-electron chi connectivity index (χ1n) is 14.7. The predicted octanol–water partition coefficient (Wildman–Crippen LogP) is 5.32. The fourth-order valence-corrected chi connectivity index (χ4v) is 6.05. The molecule has 1 saturated carbocycles. The number of methoxy groups -OCH3 is 3. The average Bonchev–Trinajstić information content (AvgIpc) is 3.67. The molecule has 43 heavy (non-hydrogen) atoms. The monoisotopic (exact) mass is 585 g/mol. The van der Waals surface area contributed by atoms with Gasteiger partial charge in [0.05, 0.1) is 39.7 Å². The molecule has 0 aliphatic heterocycles. The standard InChI is InChI=1S/C32H39N7O4/c1-32(2,40)19-38-18-23(17-34-38)20-8-6-9-21(14-20)29-36-30-25-10-7-11-26(42-4)28(25)35-31(39(30)37-29)33-16-22-12-13-24(41-3)15-27(22)43-5/h7,10-13,15,17-18,20-21,40H,6,8-9,14,16,19H2,1-5H3,(H,33,35). The Kier molecular flexibility index (Phi) is 7.83. The van der Waals surface area contributed by atoms with Gasteiger partial charge in [0.1, 0.15) is 22.8 Å². The largest absolute Gasteiger partial charge is 0.497 e. The lowest BCUT2D eigenvalue weighted by atomic mass is 9.78. The molecule has 0 amide bonds. The first-order chi connectivity index (χ1) is 20.8. The van der Waals surface area contributed by atoms with Crippen molar-refractivity contribution in [3.63, 3.8) is 0 Å². The molecule has 5 aromatic rings. The molecule has 11 heteroatoms. The lowest BCUT2D eigenvalue weighted by molar-refractivity contribution is 0.0577. The number of aliphatic hydroxyl groups is 1. The van der Waals surface area contributed by atoms with Crippen molar-refractivity contribution in [3.8, 4) is 17.2 Å². The van der Waals surface area contributed by atoms with Crippen molar-refractivity contribution in [1.82, 2.24) is 29.4 Å². The van der Waals surface area contributed by atoms with Crippen molar-refractivity contribution in [1.29, 1.82) is 0 Å². The molecule has 1 fully saturated rings. The molecule has 11 nitrogen and oxygen atoms in total. The summed E-state index contributed by atoms with van der Waals surface area (Å²) in [5, 5.41) is 24.1. The van der Waals surface area contributed by atoms with E-state index in [0.29, 0.717) is 30.7 Å². The number of benzene rings is 2. The molecular weight excluding hydrogens is 546 g/mol. The van der Waals surface area contributed by atoms with Crippen LogP contribution in [0.25, 0.3) is 16.6 Å². The van der Waals surface area contributed by atoms with E-state index in [9.17, 15) is 5.11 Å². The SMILES string of the molecule is COc1ccc(CNc2nc3c(OC)cccc3c3nc(C4CCCC(c5cnn(CC(C)(C)O)c5)C4)nn23)c(OC)c1. The zero-order valence-corrected chi connectivity index (χ0v) is 25.4. The van der Waals surface area contributed by atoms with Crippen LogP contribution in [0.2, 0.25) is 0 Å². The van der Waals surface area contributed by atoms with Crippen LogP contribution in [0, 0.1) is 0 Å². The number of nitrogens with one attached hydrogen (secondary N) is 1. The lowest BCUT2D eigenvalue weighted by Crippen LogP contribution is -2.26. The second-order valence-corrected chi connectivity index (χ2v) is 11.9. The second-order valence-electron chi connectivity index (χ2n) is 11.9. The maximum Gasteiger partial charge on any atom is 0.226 e. The third-order valence-corrected chi connectivity index (χ3v) is 8.15. The Bertz CT molecular complexity index is 1740. The van der Waals surface area contributed by atoms with E-state index in [4.69, 9.17) is 29.3 Å². The van der Waals surface area contributed by atoms with Gasteiger partial charge >= 0.3 is 0 Å². The third-order valence-electron chi connectivity index (χ3n) is 8.15. The van der Waals surface area contributed by atoms with Gasteiger partial charge in [-0.2, -0.15) is 9.61 Å². The van der Waals surface area contributed by atoms with Gasteiger partial charge in [-0.25, -0.2) is 9.97 Å². The smallest absolute Gasteiger partial charge is 0.226 e. The maximum atomic E-state index is 10.2. The van der Waals surface area contributed by atoms with E-state index in [2.05, 4.69) is 16.6 Å². The third kappa shape index (κ3) is 5.94. The predicted molar refractivity (Wildman–Crippen MR) is 164 cm³/mol. The van der Waals surface area contributed by atoms with Crippen LogP contribution in [0.15, 0.2) is 48.8 Å². The van der Waals surface area contributed by atoms with Crippen LogP contribution < -0.4 is 19.5 Å². The number of anilines is 1. The summed E-state index contributed by atoms with van der Waals surface area (Å²) in [6.45, 7) is 4.51. The maximum absolute atomic E-state index is 10.2. The molecule has 0 saturated heterocycles. The second kappa shape index (κ2) is 11.7.